The fourth-order valence-corrected chi connectivity index (χ4v) is 3.04. The number of hydrogen-bond donors (Lipinski definition) is 2. The number of nitrogens with zero attached hydrogens (tertiary/aromatic N) is 5. The Labute approximate surface area is 166 Å². The maximum Gasteiger partial charge on any atom is 0.190 e. The third kappa shape index (κ3) is 5.70. The van der Waals surface area contributed by atoms with E-state index >= 15 is 0 Å². The molecule has 0 amide bonds. The Kier molecular flexibility index (Phi) is 7.23. The molecule has 0 aliphatic carbocycles. The lowest BCUT2D eigenvalue weighted by molar-refractivity contribution is 0.570. The maximum absolute atomic E-state index is 4.63. The molecule has 3 aromatic rings. The zero-order chi connectivity index (χ0) is 19.6. The van der Waals surface area contributed by atoms with Crippen molar-refractivity contribution >= 4 is 5.96 Å². The van der Waals surface area contributed by atoms with Crippen LogP contribution in [0.15, 0.2) is 60.0 Å². The van der Waals surface area contributed by atoms with Crippen LogP contribution in [0.1, 0.15) is 24.1 Å². The summed E-state index contributed by atoms with van der Waals surface area (Å²) < 4.78 is 3.90. The van der Waals surface area contributed by atoms with Crippen LogP contribution in [0.4, 0.5) is 0 Å². The molecule has 3 rings (SSSR count). The lowest BCUT2D eigenvalue weighted by Crippen LogP contribution is -2.38. The summed E-state index contributed by atoms with van der Waals surface area (Å²) in [7, 11) is 1.80. The third-order valence-electron chi connectivity index (χ3n) is 4.58. The molecule has 28 heavy (non-hydrogen) atoms. The van der Waals surface area contributed by atoms with Crippen LogP contribution in [0.2, 0.25) is 0 Å². The highest BCUT2D eigenvalue weighted by Crippen LogP contribution is 2.13. The van der Waals surface area contributed by atoms with Crippen LogP contribution in [-0.4, -0.2) is 45.7 Å². The molecule has 0 spiro atoms. The topological polar surface area (TPSA) is 72.1 Å². The third-order valence-corrected chi connectivity index (χ3v) is 4.58. The van der Waals surface area contributed by atoms with Crippen molar-refractivity contribution in [2.75, 3.05) is 20.1 Å². The molecule has 0 saturated carbocycles. The lowest BCUT2D eigenvalue weighted by atomic mass is 10.1. The molecule has 0 bridgehead atoms. The van der Waals surface area contributed by atoms with Gasteiger partial charge in [0.15, 0.2) is 5.96 Å². The quantitative estimate of drug-likeness (QED) is 0.340. The van der Waals surface area contributed by atoms with Gasteiger partial charge in [-0.05, 0) is 49.9 Å². The summed E-state index contributed by atoms with van der Waals surface area (Å²) in [6, 6.07) is 12.2. The zero-order valence-electron chi connectivity index (χ0n) is 16.7. The van der Waals surface area contributed by atoms with Gasteiger partial charge in [0.2, 0.25) is 0 Å². The molecule has 1 aromatic carbocycles. The predicted octanol–water partition coefficient (Wildman–Crippen LogP) is 2.57. The van der Waals surface area contributed by atoms with Crippen LogP contribution in [0.5, 0.6) is 0 Å². The minimum absolute atomic E-state index is 0.845. The van der Waals surface area contributed by atoms with Gasteiger partial charge < -0.3 is 10.6 Å². The number of rotatable bonds is 9. The first-order valence-corrected chi connectivity index (χ1v) is 9.79. The molecule has 0 aliphatic heterocycles. The van der Waals surface area contributed by atoms with Crippen LogP contribution < -0.4 is 10.6 Å². The van der Waals surface area contributed by atoms with Crippen molar-refractivity contribution in [3.63, 3.8) is 0 Å². The maximum atomic E-state index is 4.63. The first-order chi connectivity index (χ1) is 13.8. The normalized spacial score (nSPS) is 11.6. The molecule has 0 fully saturated rings. The standard InChI is InChI=1S/C21H29N7/c1-18-19(17-28(26-18)20-10-4-3-5-11-20)9-6-12-23-21(22-2)24-13-7-15-27-16-8-14-25-27/h3-5,8,10-11,14,16-17H,6-7,9,12-13,15H2,1-2H3,(H2,22,23,24). The van der Waals surface area contributed by atoms with Gasteiger partial charge >= 0.3 is 0 Å². The predicted molar refractivity (Wildman–Crippen MR) is 113 cm³/mol. The van der Waals surface area contributed by atoms with Gasteiger partial charge in [-0.2, -0.15) is 10.2 Å². The van der Waals surface area contributed by atoms with E-state index in [2.05, 4.69) is 51.1 Å². The van der Waals surface area contributed by atoms with Gasteiger partial charge in [-0.3, -0.25) is 9.67 Å². The van der Waals surface area contributed by atoms with E-state index < -0.39 is 0 Å². The van der Waals surface area contributed by atoms with Gasteiger partial charge in [-0.15, -0.1) is 0 Å². The Morgan fingerprint density at radius 2 is 1.86 bits per heavy atom. The average Bonchev–Trinajstić information content (AvgIpc) is 3.37. The van der Waals surface area contributed by atoms with Gasteiger partial charge in [0.1, 0.15) is 0 Å². The van der Waals surface area contributed by atoms with Crippen molar-refractivity contribution in [2.24, 2.45) is 4.99 Å². The van der Waals surface area contributed by atoms with Gasteiger partial charge in [0.05, 0.1) is 11.4 Å². The van der Waals surface area contributed by atoms with E-state index in [0.717, 1.165) is 56.2 Å². The molecule has 7 heteroatoms. The van der Waals surface area contributed by atoms with Gasteiger partial charge in [-0.25, -0.2) is 4.68 Å². The van der Waals surface area contributed by atoms with Crippen LogP contribution >= 0.6 is 0 Å². The second-order valence-corrected chi connectivity index (χ2v) is 6.67. The SMILES string of the molecule is CN=C(NCCCc1cn(-c2ccccc2)nc1C)NCCCn1cccn1. The number of hydrogen-bond acceptors (Lipinski definition) is 3. The summed E-state index contributed by atoms with van der Waals surface area (Å²) in [5.74, 6) is 0.845. The largest absolute Gasteiger partial charge is 0.356 e. The van der Waals surface area contributed by atoms with E-state index in [9.17, 15) is 0 Å². The van der Waals surface area contributed by atoms with Crippen molar-refractivity contribution < 1.29 is 0 Å². The number of nitrogens with one attached hydrogen (secondary N) is 2. The van der Waals surface area contributed by atoms with Gasteiger partial charge in [0.25, 0.3) is 0 Å². The monoisotopic (exact) mass is 379 g/mol. The van der Waals surface area contributed by atoms with Crippen molar-refractivity contribution in [3.8, 4) is 5.69 Å². The lowest BCUT2D eigenvalue weighted by Gasteiger charge is -2.11. The zero-order valence-corrected chi connectivity index (χ0v) is 16.7. The van der Waals surface area contributed by atoms with Crippen LogP contribution in [0.3, 0.4) is 0 Å². The number of aromatic nitrogens is 4. The molecule has 2 heterocycles. The highest BCUT2D eigenvalue weighted by atomic mass is 15.3. The summed E-state index contributed by atoms with van der Waals surface area (Å²) >= 11 is 0. The molecule has 7 nitrogen and oxygen atoms in total. The Balaban J connectivity index is 1.37. The van der Waals surface area contributed by atoms with Gasteiger partial charge in [-0.1, -0.05) is 18.2 Å². The number of para-hydroxylation sites is 1. The average molecular weight is 380 g/mol. The number of aliphatic imine (C=N–C) groups is 1. The van der Waals surface area contributed by atoms with E-state index in [1.807, 2.05) is 39.8 Å². The van der Waals surface area contributed by atoms with Crippen molar-refractivity contribution in [3.05, 3.63) is 66.2 Å². The van der Waals surface area contributed by atoms with Crippen LogP contribution in [0.25, 0.3) is 5.69 Å². The molecule has 148 valence electrons. The summed E-state index contributed by atoms with van der Waals surface area (Å²) in [5, 5.41) is 15.6. The summed E-state index contributed by atoms with van der Waals surface area (Å²) in [4.78, 5) is 4.28. The van der Waals surface area contributed by atoms with E-state index in [4.69, 9.17) is 0 Å². The second kappa shape index (κ2) is 10.3. The first kappa shape index (κ1) is 19.7. The molecule has 0 saturated heterocycles. The minimum atomic E-state index is 0.845. The van der Waals surface area contributed by atoms with E-state index in [-0.39, 0.29) is 0 Å². The highest BCUT2D eigenvalue weighted by molar-refractivity contribution is 5.79. The Morgan fingerprint density at radius 1 is 1.07 bits per heavy atom. The molecule has 0 aliphatic rings. The molecule has 2 aromatic heterocycles. The van der Waals surface area contributed by atoms with Crippen LogP contribution in [-0.2, 0) is 13.0 Å². The molecule has 0 radical (unpaired) electrons. The van der Waals surface area contributed by atoms with Crippen LogP contribution in [0, 0.1) is 6.92 Å². The number of guanidine groups is 1. The molecular formula is C21H29N7. The van der Waals surface area contributed by atoms with E-state index in [1.54, 1.807) is 13.2 Å². The van der Waals surface area contributed by atoms with Gasteiger partial charge in [0, 0.05) is 45.3 Å². The first-order valence-electron chi connectivity index (χ1n) is 9.79. The summed E-state index contributed by atoms with van der Waals surface area (Å²) in [6.07, 6.45) is 8.93. The Hall–Kier alpha value is -3.09. The number of benzene rings is 1. The van der Waals surface area contributed by atoms with E-state index in [1.165, 1.54) is 5.56 Å². The van der Waals surface area contributed by atoms with Crippen molar-refractivity contribution in [1.29, 1.82) is 0 Å². The molecule has 0 atom stereocenters. The summed E-state index contributed by atoms with van der Waals surface area (Å²) in [6.45, 7) is 4.71. The fraction of sp³-hybridized carbons (Fsp3) is 0.381. The smallest absolute Gasteiger partial charge is 0.190 e. The Bertz CT molecular complexity index is 850. The molecule has 0 unspecified atom stereocenters. The van der Waals surface area contributed by atoms with Crippen molar-refractivity contribution in [2.45, 2.75) is 32.7 Å². The summed E-state index contributed by atoms with van der Waals surface area (Å²) in [5.41, 5.74) is 3.47. The highest BCUT2D eigenvalue weighted by Gasteiger charge is 2.06. The molecule has 2 N–H and O–H groups in total. The Morgan fingerprint density at radius 3 is 2.57 bits per heavy atom. The molecular weight excluding hydrogens is 350 g/mol. The number of aryl methyl sites for hydroxylation is 3. The van der Waals surface area contributed by atoms with E-state index in [0.29, 0.717) is 0 Å². The second-order valence-electron chi connectivity index (χ2n) is 6.67. The van der Waals surface area contributed by atoms with Crippen molar-refractivity contribution in [1.82, 2.24) is 30.2 Å². The minimum Gasteiger partial charge on any atom is -0.356 e. The fourth-order valence-electron chi connectivity index (χ4n) is 3.04.